The summed E-state index contributed by atoms with van der Waals surface area (Å²) < 4.78 is 11.0. The molecule has 1 aromatic rings. The summed E-state index contributed by atoms with van der Waals surface area (Å²) in [5, 5.41) is 10.9. The van der Waals surface area contributed by atoms with E-state index < -0.39 is 5.60 Å². The van der Waals surface area contributed by atoms with Gasteiger partial charge in [0.1, 0.15) is 28.9 Å². The molecular weight excluding hydrogens is 276 g/mol. The molecule has 20 heavy (non-hydrogen) atoms. The van der Waals surface area contributed by atoms with Crippen LogP contribution in [0, 0.1) is 11.3 Å². The van der Waals surface area contributed by atoms with Gasteiger partial charge >= 0.3 is 6.09 Å². The van der Waals surface area contributed by atoms with E-state index in [1.165, 1.54) is 11.3 Å². The fraction of sp³-hybridized carbons (Fsp3) is 0.571. The lowest BCUT2D eigenvalue weighted by molar-refractivity contribution is 0.0160. The molecule has 0 fully saturated rings. The van der Waals surface area contributed by atoms with Crippen molar-refractivity contribution in [2.75, 3.05) is 13.7 Å². The smallest absolute Gasteiger partial charge is 0.410 e. The molecule has 1 aliphatic rings. The van der Waals surface area contributed by atoms with E-state index in [4.69, 9.17) is 14.7 Å². The Hall–Kier alpha value is -1.74. The Morgan fingerprint density at radius 3 is 2.90 bits per heavy atom. The zero-order chi connectivity index (χ0) is 14.9. The number of fused-ring (bicyclic) bond motifs is 1. The molecule has 2 heterocycles. The first kappa shape index (κ1) is 14.7. The van der Waals surface area contributed by atoms with Crippen molar-refractivity contribution in [2.24, 2.45) is 0 Å². The standard InChI is InChI=1S/C14H18N2O3S/c1-14(2,3)19-13(17)16(4)9-5-10-11(18-7-9)8-20-12(10)6-15/h8-9H,5,7H2,1-4H3. The fourth-order valence-corrected chi connectivity index (χ4v) is 2.80. The van der Waals surface area contributed by atoms with Gasteiger partial charge in [0.15, 0.2) is 0 Å². The van der Waals surface area contributed by atoms with Gasteiger partial charge in [0.2, 0.25) is 0 Å². The monoisotopic (exact) mass is 294 g/mol. The topological polar surface area (TPSA) is 62.6 Å². The van der Waals surface area contributed by atoms with E-state index in [9.17, 15) is 4.79 Å². The van der Waals surface area contributed by atoms with Crippen LogP contribution >= 0.6 is 11.3 Å². The van der Waals surface area contributed by atoms with Crippen LogP contribution in [-0.2, 0) is 11.2 Å². The number of rotatable bonds is 1. The van der Waals surface area contributed by atoms with Crippen molar-refractivity contribution in [1.82, 2.24) is 4.90 Å². The van der Waals surface area contributed by atoms with Crippen LogP contribution in [-0.4, -0.2) is 36.3 Å². The number of carbonyl (C=O) groups excluding carboxylic acids is 1. The molecule has 1 amide bonds. The minimum absolute atomic E-state index is 0.112. The molecule has 1 unspecified atom stereocenters. The Bertz CT molecular complexity index is 554. The highest BCUT2D eigenvalue weighted by molar-refractivity contribution is 7.11. The Balaban J connectivity index is 2.09. The van der Waals surface area contributed by atoms with Crippen molar-refractivity contribution in [3.63, 3.8) is 0 Å². The van der Waals surface area contributed by atoms with Crippen LogP contribution in [0.4, 0.5) is 4.79 Å². The number of amides is 1. The molecule has 0 saturated carbocycles. The summed E-state index contributed by atoms with van der Waals surface area (Å²) in [5.41, 5.74) is 0.371. The second kappa shape index (κ2) is 5.33. The normalized spacial score (nSPS) is 17.6. The average Bonchev–Trinajstić information content (AvgIpc) is 2.77. The van der Waals surface area contributed by atoms with Gasteiger partial charge in [-0.3, -0.25) is 0 Å². The average molecular weight is 294 g/mol. The maximum absolute atomic E-state index is 12.0. The second-order valence-corrected chi connectivity index (χ2v) is 6.66. The van der Waals surface area contributed by atoms with Gasteiger partial charge in [0.05, 0.1) is 6.04 Å². The molecule has 0 spiro atoms. The fourth-order valence-electron chi connectivity index (χ4n) is 1.99. The maximum Gasteiger partial charge on any atom is 0.410 e. The van der Waals surface area contributed by atoms with Crippen LogP contribution in [0.15, 0.2) is 5.38 Å². The third-order valence-corrected chi connectivity index (χ3v) is 3.96. The van der Waals surface area contributed by atoms with Gasteiger partial charge in [-0.1, -0.05) is 0 Å². The van der Waals surface area contributed by atoms with E-state index in [1.54, 1.807) is 11.9 Å². The summed E-state index contributed by atoms with van der Waals surface area (Å²) in [5.74, 6) is 0.764. The molecule has 108 valence electrons. The lowest BCUT2D eigenvalue weighted by Gasteiger charge is -2.33. The van der Waals surface area contributed by atoms with E-state index in [2.05, 4.69) is 6.07 Å². The SMILES string of the molecule is CN(C(=O)OC(C)(C)C)C1COc2csc(C#N)c2C1. The van der Waals surface area contributed by atoms with Crippen molar-refractivity contribution in [1.29, 1.82) is 5.26 Å². The summed E-state index contributed by atoms with van der Waals surface area (Å²) in [6, 6.07) is 2.05. The number of hydrogen-bond donors (Lipinski definition) is 0. The summed E-state index contributed by atoms with van der Waals surface area (Å²) in [4.78, 5) is 14.3. The number of likely N-dealkylation sites (N-methyl/N-ethyl adjacent to an activating group) is 1. The van der Waals surface area contributed by atoms with Gasteiger partial charge in [-0.25, -0.2) is 4.79 Å². The lowest BCUT2D eigenvalue weighted by Crippen LogP contribution is -2.46. The third-order valence-electron chi connectivity index (χ3n) is 3.06. The van der Waals surface area contributed by atoms with E-state index in [0.717, 1.165) is 11.3 Å². The van der Waals surface area contributed by atoms with Gasteiger partial charge in [0.25, 0.3) is 0 Å². The largest absolute Gasteiger partial charge is 0.490 e. The Kier molecular flexibility index (Phi) is 3.91. The number of nitriles is 1. The molecule has 1 aromatic heterocycles. The Morgan fingerprint density at radius 1 is 1.60 bits per heavy atom. The zero-order valence-electron chi connectivity index (χ0n) is 12.1. The van der Waals surface area contributed by atoms with Gasteiger partial charge < -0.3 is 14.4 Å². The van der Waals surface area contributed by atoms with Crippen LogP contribution in [0.5, 0.6) is 5.75 Å². The number of hydrogen-bond acceptors (Lipinski definition) is 5. The van der Waals surface area contributed by atoms with Gasteiger partial charge in [0, 0.05) is 24.4 Å². The van der Waals surface area contributed by atoms with E-state index in [-0.39, 0.29) is 12.1 Å². The Morgan fingerprint density at radius 2 is 2.30 bits per heavy atom. The third kappa shape index (κ3) is 3.05. The van der Waals surface area contributed by atoms with E-state index in [1.807, 2.05) is 26.2 Å². The van der Waals surface area contributed by atoms with Crippen molar-refractivity contribution in [3.05, 3.63) is 15.8 Å². The molecular formula is C14H18N2O3S. The summed E-state index contributed by atoms with van der Waals surface area (Å²) in [6.07, 6.45) is 0.251. The van der Waals surface area contributed by atoms with Crippen LogP contribution in [0.1, 0.15) is 31.2 Å². The van der Waals surface area contributed by atoms with Crippen molar-refractivity contribution in [3.8, 4) is 11.8 Å². The minimum Gasteiger partial charge on any atom is -0.490 e. The molecule has 1 atom stereocenters. The molecule has 5 nitrogen and oxygen atoms in total. The van der Waals surface area contributed by atoms with E-state index >= 15 is 0 Å². The predicted molar refractivity (Wildman–Crippen MR) is 76.0 cm³/mol. The minimum atomic E-state index is -0.522. The van der Waals surface area contributed by atoms with Crippen LogP contribution in [0.2, 0.25) is 0 Å². The van der Waals surface area contributed by atoms with Gasteiger partial charge in [-0.2, -0.15) is 5.26 Å². The maximum atomic E-state index is 12.0. The highest BCUT2D eigenvalue weighted by Gasteiger charge is 2.31. The first-order valence-corrected chi connectivity index (χ1v) is 7.29. The number of nitrogens with zero attached hydrogens (tertiary/aromatic N) is 2. The molecule has 0 aromatic carbocycles. The van der Waals surface area contributed by atoms with Crippen molar-refractivity contribution in [2.45, 2.75) is 38.8 Å². The van der Waals surface area contributed by atoms with Gasteiger partial charge in [-0.05, 0) is 20.8 Å². The molecule has 2 rings (SSSR count). The zero-order valence-corrected chi connectivity index (χ0v) is 12.9. The van der Waals surface area contributed by atoms with Gasteiger partial charge in [-0.15, -0.1) is 11.3 Å². The Labute approximate surface area is 122 Å². The molecule has 0 radical (unpaired) electrons. The molecule has 1 aliphatic heterocycles. The van der Waals surface area contributed by atoms with E-state index in [0.29, 0.717) is 17.9 Å². The number of ether oxygens (including phenoxy) is 2. The summed E-state index contributed by atoms with van der Waals surface area (Å²) in [6.45, 7) is 5.92. The predicted octanol–water partition coefficient (Wildman–Crippen LogP) is 2.79. The van der Waals surface area contributed by atoms with Crippen molar-refractivity contribution < 1.29 is 14.3 Å². The highest BCUT2D eigenvalue weighted by Crippen LogP contribution is 2.34. The molecule has 0 saturated heterocycles. The lowest BCUT2D eigenvalue weighted by atomic mass is 10.0. The number of thiophene rings is 1. The molecule has 6 heteroatoms. The first-order chi connectivity index (χ1) is 9.31. The van der Waals surface area contributed by atoms with Crippen LogP contribution in [0.25, 0.3) is 0 Å². The van der Waals surface area contributed by atoms with Crippen molar-refractivity contribution >= 4 is 17.4 Å². The second-order valence-electron chi connectivity index (χ2n) is 5.78. The van der Waals surface area contributed by atoms with Crippen LogP contribution < -0.4 is 4.74 Å². The molecule has 0 aliphatic carbocycles. The first-order valence-electron chi connectivity index (χ1n) is 6.41. The quantitative estimate of drug-likeness (QED) is 0.799. The molecule has 0 bridgehead atoms. The van der Waals surface area contributed by atoms with Crippen LogP contribution in [0.3, 0.4) is 0 Å². The highest BCUT2D eigenvalue weighted by atomic mass is 32.1. The summed E-state index contributed by atoms with van der Waals surface area (Å²) >= 11 is 1.38. The molecule has 0 N–H and O–H groups in total. The number of carbonyl (C=O) groups is 1. The summed E-state index contributed by atoms with van der Waals surface area (Å²) in [7, 11) is 1.70.